The van der Waals surface area contributed by atoms with E-state index in [1.807, 2.05) is 0 Å². The number of esters is 1. The van der Waals surface area contributed by atoms with E-state index in [1.54, 1.807) is 38.1 Å². The number of nitrogens with zero attached hydrogens (tertiary/aromatic N) is 2. The fourth-order valence-corrected chi connectivity index (χ4v) is 4.72. The minimum atomic E-state index is -1.34. The van der Waals surface area contributed by atoms with Crippen LogP contribution in [0, 0.1) is 12.8 Å². The quantitative estimate of drug-likeness (QED) is 0.224. The molecule has 1 saturated heterocycles. The second kappa shape index (κ2) is 8.99. The molecule has 0 spiro atoms. The van der Waals surface area contributed by atoms with Gasteiger partial charge in [0.05, 0.1) is 31.7 Å². The van der Waals surface area contributed by atoms with Crippen LogP contribution in [0.1, 0.15) is 44.4 Å². The molecule has 0 N–H and O–H groups in total. The maximum Gasteiger partial charge on any atom is 0.350 e. The van der Waals surface area contributed by atoms with E-state index < -0.39 is 35.4 Å². The van der Waals surface area contributed by atoms with Crippen molar-refractivity contribution in [1.29, 1.82) is 0 Å². The third-order valence-electron chi connectivity index (χ3n) is 5.26. The van der Waals surface area contributed by atoms with Gasteiger partial charge >= 0.3 is 5.97 Å². The fourth-order valence-electron chi connectivity index (χ4n) is 3.72. The summed E-state index contributed by atoms with van der Waals surface area (Å²) in [6.07, 6.45) is 1.32. The number of ether oxygens (including phenoxy) is 2. The number of hydrogen-bond acceptors (Lipinski definition) is 9. The molecule has 1 amide bonds. The first-order valence-electron chi connectivity index (χ1n) is 10.1. The number of Topliss-reactive ketones (excluding diaryl/α,β-unsaturated/α-hetero) is 2. The average Bonchev–Trinajstić information content (AvgIpc) is 3.53. The third kappa shape index (κ3) is 3.93. The van der Waals surface area contributed by atoms with Crippen molar-refractivity contribution < 1.29 is 33.1 Å². The van der Waals surface area contributed by atoms with Crippen LogP contribution in [-0.4, -0.2) is 42.1 Å². The Morgan fingerprint density at radius 3 is 2.52 bits per heavy atom. The summed E-state index contributed by atoms with van der Waals surface area (Å²) < 4.78 is 15.5. The number of benzene rings is 1. The zero-order chi connectivity index (χ0) is 23.7. The first kappa shape index (κ1) is 22.4. The minimum absolute atomic E-state index is 0.0240. The molecule has 33 heavy (non-hydrogen) atoms. The van der Waals surface area contributed by atoms with Gasteiger partial charge in [-0.25, -0.2) is 9.78 Å². The number of carbonyl (C=O) groups is 4. The van der Waals surface area contributed by atoms with Gasteiger partial charge in [-0.2, -0.15) is 0 Å². The maximum atomic E-state index is 13.2. The predicted octanol–water partition coefficient (Wildman–Crippen LogP) is 3.39. The molecule has 170 valence electrons. The lowest BCUT2D eigenvalue weighted by Gasteiger charge is -2.24. The number of thiazole rings is 1. The van der Waals surface area contributed by atoms with Crippen molar-refractivity contribution in [3.63, 3.8) is 0 Å². The minimum Gasteiger partial charge on any atom is -0.497 e. The van der Waals surface area contributed by atoms with Gasteiger partial charge in [-0.05, 0) is 43.7 Å². The van der Waals surface area contributed by atoms with Crippen LogP contribution in [0.15, 0.2) is 47.1 Å². The molecule has 2 atom stereocenters. The normalized spacial score (nSPS) is 18.0. The van der Waals surface area contributed by atoms with Crippen LogP contribution >= 0.6 is 11.3 Å². The van der Waals surface area contributed by atoms with Gasteiger partial charge in [0, 0.05) is 0 Å². The lowest BCUT2D eigenvalue weighted by atomic mass is 9.88. The molecule has 1 aliphatic heterocycles. The van der Waals surface area contributed by atoms with E-state index in [-0.39, 0.29) is 22.4 Å². The predicted molar refractivity (Wildman–Crippen MR) is 118 cm³/mol. The molecule has 1 aliphatic rings. The molecule has 3 heterocycles. The Bertz CT molecular complexity index is 1210. The number of ketones is 2. The van der Waals surface area contributed by atoms with E-state index >= 15 is 0 Å². The van der Waals surface area contributed by atoms with Crippen molar-refractivity contribution in [3.05, 3.63) is 64.6 Å². The van der Waals surface area contributed by atoms with E-state index in [1.165, 1.54) is 30.4 Å². The lowest BCUT2D eigenvalue weighted by molar-refractivity contribution is -0.135. The Balaban J connectivity index is 1.83. The summed E-state index contributed by atoms with van der Waals surface area (Å²) in [6.45, 7) is 3.48. The number of amides is 1. The summed E-state index contributed by atoms with van der Waals surface area (Å²) in [5.74, 6) is -3.73. The standard InChI is InChI=1S/C23H20N2O7S/c1-4-31-22(29)20-12(2)24-23(33-20)25-17(13-7-9-14(30-3)10-8-13)16(19(27)21(25)28)18(26)15-6-5-11-32-15/h5-11,16-17H,4H2,1-3H3. The van der Waals surface area contributed by atoms with E-state index in [4.69, 9.17) is 13.9 Å². The van der Waals surface area contributed by atoms with Crippen molar-refractivity contribution in [2.45, 2.75) is 19.9 Å². The molecule has 0 radical (unpaired) electrons. The zero-order valence-electron chi connectivity index (χ0n) is 18.1. The molecule has 10 heteroatoms. The van der Waals surface area contributed by atoms with Crippen LogP contribution in [0.4, 0.5) is 5.13 Å². The van der Waals surface area contributed by atoms with Gasteiger partial charge in [-0.15, -0.1) is 0 Å². The van der Waals surface area contributed by atoms with E-state index in [0.29, 0.717) is 17.0 Å². The van der Waals surface area contributed by atoms with Crippen molar-refractivity contribution in [1.82, 2.24) is 4.98 Å². The highest BCUT2D eigenvalue weighted by Crippen LogP contribution is 2.43. The van der Waals surface area contributed by atoms with E-state index in [9.17, 15) is 19.2 Å². The zero-order valence-corrected chi connectivity index (χ0v) is 18.9. The first-order valence-corrected chi connectivity index (χ1v) is 10.9. The Hall–Kier alpha value is -3.79. The molecule has 9 nitrogen and oxygen atoms in total. The Labute approximate surface area is 192 Å². The fraction of sp³-hybridized carbons (Fsp3) is 0.261. The molecular weight excluding hydrogens is 448 g/mol. The van der Waals surface area contributed by atoms with Crippen LogP contribution in [-0.2, 0) is 14.3 Å². The molecule has 0 aliphatic carbocycles. The number of hydrogen-bond donors (Lipinski definition) is 0. The Kier molecular flexibility index (Phi) is 6.10. The molecule has 3 aromatic rings. The number of anilines is 1. The topological polar surface area (TPSA) is 116 Å². The van der Waals surface area contributed by atoms with Crippen LogP contribution in [0.25, 0.3) is 0 Å². The molecule has 2 aromatic heterocycles. The smallest absolute Gasteiger partial charge is 0.350 e. The van der Waals surface area contributed by atoms with Gasteiger partial charge < -0.3 is 13.9 Å². The third-order valence-corrected chi connectivity index (χ3v) is 6.40. The van der Waals surface area contributed by atoms with E-state index in [2.05, 4.69) is 4.98 Å². The number of carbonyl (C=O) groups excluding carboxylic acids is 4. The second-order valence-electron chi connectivity index (χ2n) is 7.21. The summed E-state index contributed by atoms with van der Waals surface area (Å²) >= 11 is 0.936. The van der Waals surface area contributed by atoms with E-state index in [0.717, 1.165) is 11.3 Å². The molecule has 1 aromatic carbocycles. The molecule has 0 saturated carbocycles. The molecular formula is C23H20N2O7S. The van der Waals surface area contributed by atoms with Crippen LogP contribution in [0.3, 0.4) is 0 Å². The molecule has 1 fully saturated rings. The molecule has 0 bridgehead atoms. The average molecular weight is 468 g/mol. The summed E-state index contributed by atoms with van der Waals surface area (Å²) in [5, 5.41) is 0.129. The summed E-state index contributed by atoms with van der Waals surface area (Å²) in [4.78, 5) is 57.4. The van der Waals surface area contributed by atoms with Gasteiger partial charge in [-0.3, -0.25) is 19.3 Å². The van der Waals surface area contributed by atoms with Crippen LogP contribution < -0.4 is 9.64 Å². The van der Waals surface area contributed by atoms with Crippen molar-refractivity contribution in [3.8, 4) is 5.75 Å². The monoisotopic (exact) mass is 468 g/mol. The first-order chi connectivity index (χ1) is 15.9. The van der Waals surface area contributed by atoms with Crippen LogP contribution in [0.5, 0.6) is 5.75 Å². The highest BCUT2D eigenvalue weighted by atomic mass is 32.1. The number of aryl methyl sites for hydroxylation is 1. The summed E-state index contributed by atoms with van der Waals surface area (Å²) in [7, 11) is 1.52. The Morgan fingerprint density at radius 2 is 1.91 bits per heavy atom. The van der Waals surface area contributed by atoms with Gasteiger partial charge in [0.1, 0.15) is 16.5 Å². The molecule has 2 unspecified atom stereocenters. The lowest BCUT2D eigenvalue weighted by Crippen LogP contribution is -2.30. The number of aromatic nitrogens is 1. The van der Waals surface area contributed by atoms with Gasteiger partial charge in [-0.1, -0.05) is 23.5 Å². The SMILES string of the molecule is CCOC(=O)c1sc(N2C(=O)C(=O)C(C(=O)c3ccco3)C2c2ccc(OC)cc2)nc1C. The summed E-state index contributed by atoms with van der Waals surface area (Å²) in [5.41, 5.74) is 0.897. The second-order valence-corrected chi connectivity index (χ2v) is 8.19. The van der Waals surface area contributed by atoms with Gasteiger partial charge in [0.2, 0.25) is 11.6 Å². The van der Waals surface area contributed by atoms with Crippen molar-refractivity contribution in [2.24, 2.45) is 5.92 Å². The number of rotatable bonds is 7. The van der Waals surface area contributed by atoms with Gasteiger partial charge in [0.25, 0.3) is 5.91 Å². The van der Waals surface area contributed by atoms with Crippen LogP contribution in [0.2, 0.25) is 0 Å². The highest BCUT2D eigenvalue weighted by Gasteiger charge is 2.54. The highest BCUT2D eigenvalue weighted by molar-refractivity contribution is 7.17. The van der Waals surface area contributed by atoms with Crippen molar-refractivity contribution in [2.75, 3.05) is 18.6 Å². The van der Waals surface area contributed by atoms with Crippen molar-refractivity contribution >= 4 is 39.9 Å². The molecule has 4 rings (SSSR count). The maximum absolute atomic E-state index is 13.2. The Morgan fingerprint density at radius 1 is 1.18 bits per heavy atom. The summed E-state index contributed by atoms with van der Waals surface area (Å²) in [6, 6.07) is 8.70. The number of furan rings is 1. The largest absolute Gasteiger partial charge is 0.497 e. The number of methoxy groups -OCH3 is 1. The van der Waals surface area contributed by atoms with Gasteiger partial charge in [0.15, 0.2) is 10.9 Å².